The van der Waals surface area contributed by atoms with E-state index in [1.165, 1.54) is 5.56 Å². The van der Waals surface area contributed by atoms with Gasteiger partial charge in [-0.2, -0.15) is 0 Å². The second-order valence-corrected chi connectivity index (χ2v) is 2.81. The van der Waals surface area contributed by atoms with E-state index in [1.807, 2.05) is 13.1 Å². The second-order valence-electron chi connectivity index (χ2n) is 2.54. The molecule has 0 aliphatic carbocycles. The number of nitrogens with one attached hydrogen (secondary N) is 1. The lowest BCUT2D eigenvalue weighted by molar-refractivity contribution is 1.32. The van der Waals surface area contributed by atoms with Crippen molar-refractivity contribution in [1.82, 2.24) is 0 Å². The van der Waals surface area contributed by atoms with Gasteiger partial charge in [-0.1, -0.05) is 17.7 Å². The van der Waals surface area contributed by atoms with Crippen LogP contribution in [0, 0.1) is 6.92 Å². The van der Waals surface area contributed by atoms with Crippen molar-refractivity contribution in [3.8, 4) is 0 Å². The fourth-order valence-electron chi connectivity index (χ4n) is 1.08. The van der Waals surface area contributed by atoms with E-state index < -0.39 is 0 Å². The predicted molar refractivity (Wildman–Crippen MR) is 50.3 cm³/mol. The van der Waals surface area contributed by atoms with Gasteiger partial charge in [0.2, 0.25) is 0 Å². The molecule has 0 amide bonds. The first-order chi connectivity index (χ1) is 5.27. The van der Waals surface area contributed by atoms with E-state index in [0.717, 1.165) is 11.3 Å². The Balaban J connectivity index is 3.06. The summed E-state index contributed by atoms with van der Waals surface area (Å²) in [5, 5.41) is 3.09. The van der Waals surface area contributed by atoms with Crippen LogP contribution in [-0.4, -0.2) is 7.05 Å². The molecule has 1 nitrogen and oxygen atoms in total. The Hall–Kier alpha value is -0.690. The van der Waals surface area contributed by atoms with Gasteiger partial charge in [-0.15, -0.1) is 11.6 Å². The Labute approximate surface area is 72.4 Å². The molecule has 0 saturated carbocycles. The lowest BCUT2D eigenvalue weighted by Crippen LogP contribution is -1.93. The fourth-order valence-corrected chi connectivity index (χ4v) is 1.30. The topological polar surface area (TPSA) is 12.0 Å². The van der Waals surface area contributed by atoms with E-state index in [9.17, 15) is 0 Å². The Kier molecular flexibility index (Phi) is 2.77. The molecule has 0 bridgehead atoms. The largest absolute Gasteiger partial charge is 0.388 e. The summed E-state index contributed by atoms with van der Waals surface area (Å²) in [6.45, 7) is 2.06. The summed E-state index contributed by atoms with van der Waals surface area (Å²) in [7, 11) is 1.90. The predicted octanol–water partition coefficient (Wildman–Crippen LogP) is 2.78. The van der Waals surface area contributed by atoms with Crippen molar-refractivity contribution in [3.63, 3.8) is 0 Å². The number of aryl methyl sites for hydroxylation is 1. The summed E-state index contributed by atoms with van der Waals surface area (Å²) >= 11 is 5.74. The second kappa shape index (κ2) is 3.63. The van der Waals surface area contributed by atoms with Gasteiger partial charge >= 0.3 is 0 Å². The minimum absolute atomic E-state index is 0.567. The van der Waals surface area contributed by atoms with Gasteiger partial charge in [0.15, 0.2) is 0 Å². The first-order valence-corrected chi connectivity index (χ1v) is 4.14. The summed E-state index contributed by atoms with van der Waals surface area (Å²) in [4.78, 5) is 0. The quantitative estimate of drug-likeness (QED) is 0.672. The molecule has 1 aromatic rings. The van der Waals surface area contributed by atoms with E-state index >= 15 is 0 Å². The molecular formula is C9H12ClN. The van der Waals surface area contributed by atoms with E-state index in [0.29, 0.717) is 5.88 Å². The zero-order valence-corrected chi connectivity index (χ0v) is 7.57. The molecule has 0 spiro atoms. The highest BCUT2D eigenvalue weighted by molar-refractivity contribution is 6.17. The van der Waals surface area contributed by atoms with Gasteiger partial charge in [0.1, 0.15) is 0 Å². The molecule has 0 radical (unpaired) electrons. The van der Waals surface area contributed by atoms with Gasteiger partial charge < -0.3 is 5.32 Å². The minimum Gasteiger partial charge on any atom is -0.388 e. The van der Waals surface area contributed by atoms with Crippen molar-refractivity contribution < 1.29 is 0 Å². The SMILES string of the molecule is CNc1ccc(C)cc1CCl. The molecule has 0 aromatic heterocycles. The monoisotopic (exact) mass is 169 g/mol. The van der Waals surface area contributed by atoms with E-state index in [4.69, 9.17) is 11.6 Å². The van der Waals surface area contributed by atoms with Crippen molar-refractivity contribution >= 4 is 17.3 Å². The van der Waals surface area contributed by atoms with Crippen LogP contribution in [0.15, 0.2) is 18.2 Å². The Bertz CT molecular complexity index is 245. The highest BCUT2D eigenvalue weighted by Gasteiger charge is 1.97. The normalized spacial score (nSPS) is 9.73. The third-order valence-corrected chi connectivity index (χ3v) is 1.96. The van der Waals surface area contributed by atoms with Crippen molar-refractivity contribution in [2.75, 3.05) is 12.4 Å². The average Bonchev–Trinajstić information content (AvgIpc) is 2.04. The lowest BCUT2D eigenvalue weighted by Gasteiger charge is -2.06. The number of halogens is 1. The summed E-state index contributed by atoms with van der Waals surface area (Å²) in [5.74, 6) is 0.567. The maximum absolute atomic E-state index is 5.74. The molecule has 0 saturated heterocycles. The number of anilines is 1. The number of benzene rings is 1. The molecule has 11 heavy (non-hydrogen) atoms. The first-order valence-electron chi connectivity index (χ1n) is 3.61. The molecular weight excluding hydrogens is 158 g/mol. The maximum Gasteiger partial charge on any atom is 0.0494 e. The number of hydrogen-bond acceptors (Lipinski definition) is 1. The van der Waals surface area contributed by atoms with Gasteiger partial charge in [0, 0.05) is 18.6 Å². The van der Waals surface area contributed by atoms with Gasteiger partial charge in [0.25, 0.3) is 0 Å². The highest BCUT2D eigenvalue weighted by atomic mass is 35.5. The van der Waals surface area contributed by atoms with Crippen molar-refractivity contribution in [3.05, 3.63) is 29.3 Å². The van der Waals surface area contributed by atoms with Crippen LogP contribution in [0.2, 0.25) is 0 Å². The molecule has 1 N–H and O–H groups in total. The number of alkyl halides is 1. The molecule has 2 heteroatoms. The third-order valence-electron chi connectivity index (χ3n) is 1.67. The van der Waals surface area contributed by atoms with E-state index in [2.05, 4.69) is 24.4 Å². The zero-order valence-electron chi connectivity index (χ0n) is 6.82. The van der Waals surface area contributed by atoms with Crippen LogP contribution in [0.4, 0.5) is 5.69 Å². The van der Waals surface area contributed by atoms with Crippen LogP contribution in [0.25, 0.3) is 0 Å². The van der Waals surface area contributed by atoms with E-state index in [-0.39, 0.29) is 0 Å². The molecule has 0 fully saturated rings. The fraction of sp³-hybridized carbons (Fsp3) is 0.333. The minimum atomic E-state index is 0.567. The van der Waals surface area contributed by atoms with Gasteiger partial charge in [0.05, 0.1) is 0 Å². The van der Waals surface area contributed by atoms with Crippen molar-refractivity contribution in [2.45, 2.75) is 12.8 Å². The first kappa shape index (κ1) is 8.41. The van der Waals surface area contributed by atoms with Gasteiger partial charge in [-0.3, -0.25) is 0 Å². The maximum atomic E-state index is 5.74. The highest BCUT2D eigenvalue weighted by Crippen LogP contribution is 2.18. The van der Waals surface area contributed by atoms with Gasteiger partial charge in [-0.05, 0) is 18.6 Å². The van der Waals surface area contributed by atoms with Crippen LogP contribution in [0.5, 0.6) is 0 Å². The molecule has 0 heterocycles. The smallest absolute Gasteiger partial charge is 0.0494 e. The Morgan fingerprint density at radius 2 is 2.18 bits per heavy atom. The Morgan fingerprint density at radius 3 is 2.73 bits per heavy atom. The molecule has 1 rings (SSSR count). The average molecular weight is 170 g/mol. The standard InChI is InChI=1S/C9H12ClN/c1-7-3-4-9(11-2)8(5-7)6-10/h3-5,11H,6H2,1-2H3. The molecule has 60 valence electrons. The van der Waals surface area contributed by atoms with Crippen molar-refractivity contribution in [1.29, 1.82) is 0 Å². The molecule has 0 unspecified atom stereocenters. The molecule has 1 aromatic carbocycles. The van der Waals surface area contributed by atoms with Crippen LogP contribution in [0.1, 0.15) is 11.1 Å². The van der Waals surface area contributed by atoms with Crippen LogP contribution < -0.4 is 5.32 Å². The number of rotatable bonds is 2. The van der Waals surface area contributed by atoms with Crippen LogP contribution >= 0.6 is 11.6 Å². The molecule has 0 aliphatic rings. The van der Waals surface area contributed by atoms with Crippen LogP contribution in [-0.2, 0) is 5.88 Å². The van der Waals surface area contributed by atoms with Gasteiger partial charge in [-0.25, -0.2) is 0 Å². The Morgan fingerprint density at radius 1 is 1.45 bits per heavy atom. The van der Waals surface area contributed by atoms with Crippen LogP contribution in [0.3, 0.4) is 0 Å². The van der Waals surface area contributed by atoms with Crippen molar-refractivity contribution in [2.24, 2.45) is 0 Å². The summed E-state index contributed by atoms with van der Waals surface area (Å²) in [6.07, 6.45) is 0. The summed E-state index contributed by atoms with van der Waals surface area (Å²) in [5.41, 5.74) is 3.53. The zero-order chi connectivity index (χ0) is 8.27. The lowest BCUT2D eigenvalue weighted by atomic mass is 10.1. The molecule has 0 atom stereocenters. The summed E-state index contributed by atoms with van der Waals surface area (Å²) in [6, 6.07) is 6.22. The molecule has 0 aliphatic heterocycles. The van der Waals surface area contributed by atoms with E-state index in [1.54, 1.807) is 0 Å². The third kappa shape index (κ3) is 1.87. The summed E-state index contributed by atoms with van der Waals surface area (Å²) < 4.78 is 0. The number of hydrogen-bond donors (Lipinski definition) is 1.